The van der Waals surface area contributed by atoms with E-state index in [2.05, 4.69) is 168 Å². The highest BCUT2D eigenvalue weighted by Crippen LogP contribution is 2.49. The van der Waals surface area contributed by atoms with Crippen LogP contribution in [-0.2, 0) is 0 Å². The number of thiophene rings is 1. The molecular formula is C50H27N3S. The second kappa shape index (κ2) is 10.4. The van der Waals surface area contributed by atoms with Crippen molar-refractivity contribution in [1.82, 2.24) is 14.5 Å². The zero-order valence-electron chi connectivity index (χ0n) is 28.8. The van der Waals surface area contributed by atoms with E-state index in [1.165, 1.54) is 74.0 Å². The summed E-state index contributed by atoms with van der Waals surface area (Å²) in [6.07, 6.45) is 0. The molecule has 0 aliphatic rings. The Morgan fingerprint density at radius 1 is 0.389 bits per heavy atom. The van der Waals surface area contributed by atoms with Gasteiger partial charge in [-0.15, -0.1) is 11.3 Å². The lowest BCUT2D eigenvalue weighted by atomic mass is 9.95. The standard InChI is InChI=1S/C50H27N3S/c1-3-11-32-28(9-1)19-20-30-27-31(21-23-33(30)32)48-50(52-49-34-12-4-2-10-29(34)22-24-39(49)51-48)53-40-17-7-15-37-35-13-5-6-14-36(35)38-16-8-18-42-45(38)47-43(54-42)26-25-41(53)46(47)44(37)40/h1-27H. The Labute approximate surface area is 312 Å². The minimum Gasteiger partial charge on any atom is -0.292 e. The SMILES string of the molecule is c1ccc2c(c1)ccc1cc(-c3nc4ccc5ccccc5c4nc3-n3c4cccc5c6ccccc6c6cccc7sc8ccc3c(c8c76)c54)ccc12. The van der Waals surface area contributed by atoms with Gasteiger partial charge in [0, 0.05) is 41.9 Å². The lowest BCUT2D eigenvalue weighted by molar-refractivity contribution is 1.08. The molecule has 0 aliphatic carbocycles. The lowest BCUT2D eigenvalue weighted by Gasteiger charge is -2.15. The van der Waals surface area contributed by atoms with Gasteiger partial charge >= 0.3 is 0 Å². The minimum atomic E-state index is 0.836. The fourth-order valence-corrected chi connectivity index (χ4v) is 10.5. The van der Waals surface area contributed by atoms with Crippen molar-refractivity contribution in [3.8, 4) is 17.1 Å². The van der Waals surface area contributed by atoms with E-state index in [4.69, 9.17) is 9.97 Å². The number of fused-ring (bicyclic) bond motifs is 9. The van der Waals surface area contributed by atoms with E-state index in [-0.39, 0.29) is 0 Å². The molecule has 0 amide bonds. The second-order valence-electron chi connectivity index (χ2n) is 14.5. The summed E-state index contributed by atoms with van der Waals surface area (Å²) >= 11 is 1.89. The number of hydrogen-bond acceptors (Lipinski definition) is 3. The molecule has 0 N–H and O–H groups in total. The lowest BCUT2D eigenvalue weighted by Crippen LogP contribution is -2.04. The van der Waals surface area contributed by atoms with Gasteiger partial charge in [-0.25, -0.2) is 9.97 Å². The third-order valence-electron chi connectivity index (χ3n) is 11.7. The molecule has 3 heterocycles. The van der Waals surface area contributed by atoms with Crippen molar-refractivity contribution in [1.29, 1.82) is 0 Å². The summed E-state index contributed by atoms with van der Waals surface area (Å²) < 4.78 is 5.02. The van der Waals surface area contributed by atoms with Crippen LogP contribution in [0.15, 0.2) is 164 Å². The van der Waals surface area contributed by atoms with E-state index in [0.717, 1.165) is 49.9 Å². The Hall–Kier alpha value is -6.88. The van der Waals surface area contributed by atoms with Gasteiger partial charge in [-0.05, 0) is 84.9 Å². The molecule has 10 aromatic carbocycles. The summed E-state index contributed by atoms with van der Waals surface area (Å²) in [5.41, 5.74) is 5.97. The molecule has 0 fully saturated rings. The van der Waals surface area contributed by atoms with Crippen LogP contribution in [0.1, 0.15) is 0 Å². The molecule has 13 rings (SSSR count). The smallest absolute Gasteiger partial charge is 0.165 e. The zero-order chi connectivity index (χ0) is 35.1. The molecule has 3 nitrogen and oxygen atoms in total. The normalized spacial score (nSPS) is 12.4. The van der Waals surface area contributed by atoms with Gasteiger partial charge in [0.2, 0.25) is 0 Å². The van der Waals surface area contributed by atoms with Gasteiger partial charge in [0.1, 0.15) is 5.69 Å². The number of nitrogens with zero attached hydrogens (tertiary/aromatic N) is 3. The van der Waals surface area contributed by atoms with Crippen molar-refractivity contribution < 1.29 is 0 Å². The molecular weight excluding hydrogens is 675 g/mol. The van der Waals surface area contributed by atoms with Crippen molar-refractivity contribution >= 4 is 118 Å². The summed E-state index contributed by atoms with van der Waals surface area (Å²) in [7, 11) is 0. The van der Waals surface area contributed by atoms with Crippen molar-refractivity contribution in [2.75, 3.05) is 0 Å². The Kier molecular flexibility index (Phi) is 5.51. The molecule has 0 radical (unpaired) electrons. The first-order valence-electron chi connectivity index (χ1n) is 18.4. The molecule has 0 spiro atoms. The summed E-state index contributed by atoms with van der Waals surface area (Å²) in [5, 5.41) is 17.4. The monoisotopic (exact) mass is 701 g/mol. The Morgan fingerprint density at radius 3 is 1.87 bits per heavy atom. The quantitative estimate of drug-likeness (QED) is 0.168. The number of benzene rings is 9. The van der Waals surface area contributed by atoms with Gasteiger partial charge in [0.15, 0.2) is 5.82 Å². The molecule has 0 bridgehead atoms. The summed E-state index contributed by atoms with van der Waals surface area (Å²) in [4.78, 5) is 11.2. The van der Waals surface area contributed by atoms with E-state index >= 15 is 0 Å². The van der Waals surface area contributed by atoms with Crippen LogP contribution in [0, 0.1) is 0 Å². The number of hydrogen-bond donors (Lipinski definition) is 0. The molecule has 0 atom stereocenters. The molecule has 0 unspecified atom stereocenters. The van der Waals surface area contributed by atoms with Crippen LogP contribution in [0.5, 0.6) is 0 Å². The third-order valence-corrected chi connectivity index (χ3v) is 12.8. The highest BCUT2D eigenvalue weighted by Gasteiger charge is 2.25. The van der Waals surface area contributed by atoms with Crippen LogP contribution in [0.2, 0.25) is 0 Å². The third kappa shape index (κ3) is 3.70. The van der Waals surface area contributed by atoms with Crippen LogP contribution < -0.4 is 0 Å². The first-order chi connectivity index (χ1) is 26.8. The minimum absolute atomic E-state index is 0.836. The van der Waals surface area contributed by atoms with Gasteiger partial charge < -0.3 is 0 Å². The second-order valence-corrected chi connectivity index (χ2v) is 15.6. The predicted octanol–water partition coefficient (Wildman–Crippen LogP) is 14.0. The topological polar surface area (TPSA) is 30.7 Å². The summed E-state index contributed by atoms with van der Waals surface area (Å²) in [5.74, 6) is 0.836. The van der Waals surface area contributed by atoms with Crippen LogP contribution in [-0.4, -0.2) is 14.5 Å². The first kappa shape index (κ1) is 28.7. The van der Waals surface area contributed by atoms with E-state index in [1.807, 2.05) is 11.3 Å². The van der Waals surface area contributed by atoms with E-state index < -0.39 is 0 Å². The molecule has 13 aromatic rings. The Balaban J connectivity index is 1.24. The van der Waals surface area contributed by atoms with Gasteiger partial charge in [0.25, 0.3) is 0 Å². The van der Waals surface area contributed by atoms with Gasteiger partial charge in [0.05, 0.1) is 22.1 Å². The van der Waals surface area contributed by atoms with Crippen molar-refractivity contribution in [2.45, 2.75) is 0 Å². The van der Waals surface area contributed by atoms with Gasteiger partial charge in [-0.3, -0.25) is 4.57 Å². The molecule has 0 aliphatic heterocycles. The Morgan fingerprint density at radius 2 is 1.02 bits per heavy atom. The van der Waals surface area contributed by atoms with Crippen LogP contribution >= 0.6 is 11.3 Å². The molecule has 0 saturated heterocycles. The highest BCUT2D eigenvalue weighted by molar-refractivity contribution is 7.26. The van der Waals surface area contributed by atoms with Crippen LogP contribution in [0.3, 0.4) is 0 Å². The van der Waals surface area contributed by atoms with E-state index in [0.29, 0.717) is 0 Å². The van der Waals surface area contributed by atoms with Crippen molar-refractivity contribution in [3.05, 3.63) is 164 Å². The van der Waals surface area contributed by atoms with Crippen molar-refractivity contribution in [2.24, 2.45) is 0 Å². The molecule has 0 saturated carbocycles. The van der Waals surface area contributed by atoms with E-state index in [1.54, 1.807) is 0 Å². The van der Waals surface area contributed by atoms with E-state index in [9.17, 15) is 0 Å². The summed E-state index contributed by atoms with van der Waals surface area (Å²) in [6, 6.07) is 59.8. The number of rotatable bonds is 2. The fraction of sp³-hybridized carbons (Fsp3) is 0. The maximum atomic E-state index is 5.70. The van der Waals surface area contributed by atoms with Crippen LogP contribution in [0.4, 0.5) is 0 Å². The molecule has 4 heteroatoms. The maximum Gasteiger partial charge on any atom is 0.165 e. The zero-order valence-corrected chi connectivity index (χ0v) is 29.7. The first-order valence-corrected chi connectivity index (χ1v) is 19.2. The fourth-order valence-electron chi connectivity index (χ4n) is 9.38. The van der Waals surface area contributed by atoms with Crippen molar-refractivity contribution in [3.63, 3.8) is 0 Å². The maximum absolute atomic E-state index is 5.70. The number of aromatic nitrogens is 3. The summed E-state index contributed by atoms with van der Waals surface area (Å²) in [6.45, 7) is 0. The largest absolute Gasteiger partial charge is 0.292 e. The highest BCUT2D eigenvalue weighted by atomic mass is 32.1. The van der Waals surface area contributed by atoms with Gasteiger partial charge in [-0.1, -0.05) is 127 Å². The van der Waals surface area contributed by atoms with Gasteiger partial charge in [-0.2, -0.15) is 0 Å². The molecule has 54 heavy (non-hydrogen) atoms. The van der Waals surface area contributed by atoms with Crippen LogP contribution in [0.25, 0.3) is 124 Å². The predicted molar refractivity (Wildman–Crippen MR) is 231 cm³/mol. The average molecular weight is 702 g/mol. The average Bonchev–Trinajstić information content (AvgIpc) is 3.78. The molecule has 3 aromatic heterocycles. The Bertz CT molecular complexity index is 3740. The molecule has 248 valence electrons.